The van der Waals surface area contributed by atoms with E-state index in [1.54, 1.807) is 11.3 Å². The van der Waals surface area contributed by atoms with Gasteiger partial charge in [0.05, 0.1) is 28.4 Å². The highest BCUT2D eigenvalue weighted by atomic mass is 32.1. The smallest absolute Gasteiger partial charge is 0.257 e. The third-order valence-corrected chi connectivity index (χ3v) is 6.06. The van der Waals surface area contributed by atoms with E-state index >= 15 is 0 Å². The average molecular weight is 380 g/mol. The number of nitrogens with one attached hydrogen (secondary N) is 2. The number of thiophene rings is 1. The number of H-pyrrole nitrogens is 1. The average Bonchev–Trinajstić information content (AvgIpc) is 3.46. The zero-order chi connectivity index (χ0) is 18.2. The Balaban J connectivity index is 1.56. The maximum atomic E-state index is 13.3. The molecule has 1 saturated heterocycles. The Morgan fingerprint density at radius 2 is 2.19 bits per heavy atom. The van der Waals surface area contributed by atoms with Crippen molar-refractivity contribution < 1.29 is 9.53 Å². The largest absolute Gasteiger partial charge is 0.376 e. The number of benzene rings is 1. The maximum absolute atomic E-state index is 13.3. The van der Waals surface area contributed by atoms with E-state index < -0.39 is 0 Å². The van der Waals surface area contributed by atoms with Crippen LogP contribution in [0.1, 0.15) is 34.9 Å². The van der Waals surface area contributed by atoms with Gasteiger partial charge in [0, 0.05) is 24.4 Å². The second-order valence-corrected chi connectivity index (χ2v) is 7.81. The van der Waals surface area contributed by atoms with Crippen molar-refractivity contribution in [2.75, 3.05) is 18.5 Å². The number of carbonyl (C=O) groups is 1. The van der Waals surface area contributed by atoms with Gasteiger partial charge in [-0.15, -0.1) is 11.3 Å². The van der Waals surface area contributed by atoms with Crippen LogP contribution in [0.15, 0.2) is 48.0 Å². The highest BCUT2D eigenvalue weighted by Crippen LogP contribution is 2.38. The molecule has 1 amide bonds. The predicted molar refractivity (Wildman–Crippen MR) is 105 cm³/mol. The van der Waals surface area contributed by atoms with E-state index in [9.17, 15) is 4.79 Å². The van der Waals surface area contributed by atoms with Crippen LogP contribution in [-0.4, -0.2) is 40.3 Å². The third-order valence-electron chi connectivity index (χ3n) is 5.18. The van der Waals surface area contributed by atoms with Crippen molar-refractivity contribution in [2.24, 2.45) is 0 Å². The number of anilines is 1. The molecule has 0 saturated carbocycles. The fourth-order valence-electron chi connectivity index (χ4n) is 3.86. The fraction of sp³-hybridized carbons (Fsp3) is 0.300. The van der Waals surface area contributed by atoms with Crippen molar-refractivity contribution in [1.29, 1.82) is 0 Å². The second-order valence-electron chi connectivity index (χ2n) is 6.86. The summed E-state index contributed by atoms with van der Waals surface area (Å²) in [5.41, 5.74) is 3.48. The number of aromatic nitrogens is 2. The molecule has 0 aliphatic carbocycles. The number of hydrogen-bond donors (Lipinski definition) is 2. The van der Waals surface area contributed by atoms with Crippen LogP contribution < -0.4 is 5.32 Å². The van der Waals surface area contributed by atoms with Crippen LogP contribution in [0.3, 0.4) is 0 Å². The Hall–Kier alpha value is -2.64. The van der Waals surface area contributed by atoms with Gasteiger partial charge in [-0.3, -0.25) is 9.89 Å². The molecule has 7 heteroatoms. The van der Waals surface area contributed by atoms with Gasteiger partial charge in [-0.1, -0.05) is 18.2 Å². The van der Waals surface area contributed by atoms with Crippen molar-refractivity contribution >= 4 is 22.9 Å². The summed E-state index contributed by atoms with van der Waals surface area (Å²) in [6, 6.07) is 11.8. The Bertz CT molecular complexity index is 947. The third kappa shape index (κ3) is 2.93. The molecule has 2 aromatic heterocycles. The molecule has 2 aliphatic rings. The first-order valence-corrected chi connectivity index (χ1v) is 10.0. The minimum absolute atomic E-state index is 0.0307. The Labute approximate surface area is 161 Å². The molecule has 0 unspecified atom stereocenters. The minimum atomic E-state index is -0.285. The lowest BCUT2D eigenvalue weighted by Crippen LogP contribution is -2.46. The molecule has 0 bridgehead atoms. The lowest BCUT2D eigenvalue weighted by atomic mass is 10.0. The van der Waals surface area contributed by atoms with Crippen LogP contribution in [0.25, 0.3) is 10.6 Å². The molecule has 5 rings (SSSR count). The quantitative estimate of drug-likeness (QED) is 0.721. The zero-order valence-corrected chi connectivity index (χ0v) is 15.5. The van der Waals surface area contributed by atoms with Crippen LogP contribution >= 0.6 is 11.3 Å². The lowest BCUT2D eigenvalue weighted by molar-refractivity contribution is 0.0427. The fourth-order valence-corrected chi connectivity index (χ4v) is 4.60. The van der Waals surface area contributed by atoms with Crippen LogP contribution in [0, 0.1) is 0 Å². The van der Waals surface area contributed by atoms with E-state index in [0.717, 1.165) is 41.3 Å². The summed E-state index contributed by atoms with van der Waals surface area (Å²) in [5, 5.41) is 13.0. The number of aromatic amines is 1. The van der Waals surface area contributed by atoms with Crippen molar-refractivity contribution in [3.8, 4) is 10.6 Å². The number of ether oxygens (including phenoxy) is 1. The van der Waals surface area contributed by atoms with Crippen LogP contribution in [0.4, 0.5) is 5.69 Å². The van der Waals surface area contributed by atoms with E-state index in [1.807, 2.05) is 46.8 Å². The van der Waals surface area contributed by atoms with E-state index in [-0.39, 0.29) is 18.2 Å². The minimum Gasteiger partial charge on any atom is -0.376 e. The molecule has 138 valence electrons. The van der Waals surface area contributed by atoms with E-state index in [2.05, 4.69) is 21.6 Å². The summed E-state index contributed by atoms with van der Waals surface area (Å²) in [4.78, 5) is 16.3. The summed E-state index contributed by atoms with van der Waals surface area (Å²) in [5.74, 6) is 0.0307. The molecular weight excluding hydrogens is 360 g/mol. The molecule has 6 nitrogen and oxygen atoms in total. The molecule has 27 heavy (non-hydrogen) atoms. The predicted octanol–water partition coefficient (Wildman–Crippen LogP) is 3.88. The van der Waals surface area contributed by atoms with Crippen molar-refractivity contribution in [3.05, 3.63) is 59.1 Å². The van der Waals surface area contributed by atoms with Gasteiger partial charge in [0.1, 0.15) is 6.17 Å². The number of nitrogens with zero attached hydrogens (tertiary/aromatic N) is 2. The number of fused-ring (bicyclic) bond motifs is 1. The zero-order valence-electron chi connectivity index (χ0n) is 14.7. The van der Waals surface area contributed by atoms with Crippen LogP contribution in [-0.2, 0) is 4.74 Å². The van der Waals surface area contributed by atoms with Crippen LogP contribution in [0.2, 0.25) is 0 Å². The maximum Gasteiger partial charge on any atom is 0.257 e. The van der Waals surface area contributed by atoms with Gasteiger partial charge in [0.2, 0.25) is 0 Å². The summed E-state index contributed by atoms with van der Waals surface area (Å²) < 4.78 is 5.82. The molecule has 2 atom stereocenters. The number of carbonyl (C=O) groups excluding carboxylic acids is 1. The first-order valence-electron chi connectivity index (χ1n) is 9.16. The standard InChI is InChI=1S/C20H20N4O2S/c25-20-14-6-1-2-7-16(14)22-19(24(20)12-13-5-3-9-26-13)15-11-21-23-18(15)17-8-4-10-27-17/h1-2,4,6-8,10-11,13,19,22H,3,5,9,12H2,(H,21,23)/t13-,19-/m0/s1. The van der Waals surface area contributed by atoms with Gasteiger partial charge < -0.3 is 15.0 Å². The SMILES string of the molecule is O=C1c2ccccc2N[C@H](c2cn[nH]c2-c2cccs2)N1C[C@@H]1CCCO1. The Morgan fingerprint density at radius 3 is 3.00 bits per heavy atom. The van der Waals surface area contributed by atoms with E-state index in [4.69, 9.17) is 4.74 Å². The molecule has 2 N–H and O–H groups in total. The number of amides is 1. The van der Waals surface area contributed by atoms with Crippen molar-refractivity contribution in [3.63, 3.8) is 0 Å². The topological polar surface area (TPSA) is 70.2 Å². The lowest BCUT2D eigenvalue weighted by Gasteiger charge is -2.39. The number of hydrogen-bond acceptors (Lipinski definition) is 5. The van der Waals surface area contributed by atoms with Crippen molar-refractivity contribution in [2.45, 2.75) is 25.1 Å². The van der Waals surface area contributed by atoms with Gasteiger partial charge in [0.15, 0.2) is 0 Å². The van der Waals surface area contributed by atoms with Gasteiger partial charge in [0.25, 0.3) is 5.91 Å². The van der Waals surface area contributed by atoms with E-state index in [1.165, 1.54) is 0 Å². The Morgan fingerprint density at radius 1 is 1.26 bits per heavy atom. The van der Waals surface area contributed by atoms with Crippen LogP contribution in [0.5, 0.6) is 0 Å². The molecular formula is C20H20N4O2S. The molecule has 1 fully saturated rings. The molecule has 1 aromatic carbocycles. The summed E-state index contributed by atoms with van der Waals surface area (Å²) in [7, 11) is 0. The molecule has 0 radical (unpaired) electrons. The van der Waals surface area contributed by atoms with Gasteiger partial charge in [-0.25, -0.2) is 0 Å². The molecule has 0 spiro atoms. The molecule has 3 aromatic rings. The summed E-state index contributed by atoms with van der Waals surface area (Å²) >= 11 is 1.65. The second kappa shape index (κ2) is 6.83. The first kappa shape index (κ1) is 16.5. The number of rotatable bonds is 4. The Kier molecular flexibility index (Phi) is 4.18. The molecule has 2 aliphatic heterocycles. The normalized spacial score (nSPS) is 21.9. The van der Waals surface area contributed by atoms with Crippen molar-refractivity contribution in [1.82, 2.24) is 15.1 Å². The highest BCUT2D eigenvalue weighted by molar-refractivity contribution is 7.13. The summed E-state index contributed by atoms with van der Waals surface area (Å²) in [6.07, 6.45) is 3.65. The van der Waals surface area contributed by atoms with Gasteiger partial charge in [-0.2, -0.15) is 5.10 Å². The van der Waals surface area contributed by atoms with E-state index in [0.29, 0.717) is 12.1 Å². The number of para-hydroxylation sites is 1. The molecule has 4 heterocycles. The summed E-state index contributed by atoms with van der Waals surface area (Å²) in [6.45, 7) is 1.34. The first-order chi connectivity index (χ1) is 13.3. The monoisotopic (exact) mass is 380 g/mol. The highest BCUT2D eigenvalue weighted by Gasteiger charge is 2.36. The van der Waals surface area contributed by atoms with Gasteiger partial charge >= 0.3 is 0 Å². The van der Waals surface area contributed by atoms with Gasteiger partial charge in [-0.05, 0) is 36.4 Å².